The van der Waals surface area contributed by atoms with Gasteiger partial charge in [-0.2, -0.15) is 18.4 Å². The number of benzene rings is 1. The third-order valence-electron chi connectivity index (χ3n) is 5.81. The molecule has 2 saturated carbocycles. The van der Waals surface area contributed by atoms with Crippen molar-refractivity contribution < 1.29 is 26.7 Å². The summed E-state index contributed by atoms with van der Waals surface area (Å²) in [5.74, 6) is -0.418. The first-order valence-corrected chi connectivity index (χ1v) is 9.46. The molecule has 3 aliphatic rings. The van der Waals surface area contributed by atoms with E-state index < -0.39 is 38.7 Å². The second kappa shape index (κ2) is 5.11. The highest BCUT2D eigenvalue weighted by Gasteiger charge is 2.62. The third-order valence-corrected chi connectivity index (χ3v) is 8.17. The molecule has 0 amide bonds. The average Bonchev–Trinajstić information content (AvgIpc) is 3.15. The second-order valence-corrected chi connectivity index (χ2v) is 9.02. The van der Waals surface area contributed by atoms with Crippen molar-refractivity contribution in [2.75, 3.05) is 10.8 Å². The lowest BCUT2D eigenvalue weighted by atomic mass is 9.87. The fourth-order valence-corrected chi connectivity index (χ4v) is 7.35. The largest absolute Gasteiger partial charge is 0.417 e. The Hall–Kier alpha value is -1.79. The predicted octanol–water partition coefficient (Wildman–Crippen LogP) is 2.11. The van der Waals surface area contributed by atoms with Gasteiger partial charge in [-0.3, -0.25) is 4.31 Å². The minimum Gasteiger partial charge on any atom is -0.393 e. The zero-order valence-corrected chi connectivity index (χ0v) is 13.8. The lowest BCUT2D eigenvalue weighted by molar-refractivity contribution is -0.137. The van der Waals surface area contributed by atoms with E-state index in [1.165, 1.54) is 12.1 Å². The Kier molecular flexibility index (Phi) is 3.41. The zero-order chi connectivity index (χ0) is 18.1. The molecule has 5 atom stereocenters. The number of aliphatic hydroxyl groups excluding tert-OH is 1. The van der Waals surface area contributed by atoms with Crippen LogP contribution in [0.3, 0.4) is 0 Å². The van der Waals surface area contributed by atoms with Crippen molar-refractivity contribution in [2.45, 2.75) is 30.4 Å². The number of halogens is 3. The molecular formula is C16H15F3N2O3S. The molecule has 2 aliphatic carbocycles. The molecule has 4 rings (SSSR count). The van der Waals surface area contributed by atoms with Gasteiger partial charge < -0.3 is 5.11 Å². The zero-order valence-electron chi connectivity index (χ0n) is 12.9. The maximum absolute atomic E-state index is 13.2. The first-order valence-electron chi connectivity index (χ1n) is 7.95. The summed E-state index contributed by atoms with van der Waals surface area (Å²) in [6.45, 7) is 0.129. The average molecular weight is 372 g/mol. The highest BCUT2D eigenvalue weighted by Crippen LogP contribution is 2.56. The summed E-state index contributed by atoms with van der Waals surface area (Å²) in [7, 11) is -3.84. The number of alkyl halides is 3. The van der Waals surface area contributed by atoms with E-state index in [1.54, 1.807) is 0 Å². The molecule has 1 heterocycles. The number of hydrogen-bond acceptors (Lipinski definition) is 4. The molecule has 25 heavy (non-hydrogen) atoms. The summed E-state index contributed by atoms with van der Waals surface area (Å²) < 4.78 is 66.3. The van der Waals surface area contributed by atoms with Gasteiger partial charge in [0.1, 0.15) is 0 Å². The molecule has 134 valence electrons. The van der Waals surface area contributed by atoms with Crippen LogP contribution in [0.15, 0.2) is 18.2 Å². The predicted molar refractivity (Wildman–Crippen MR) is 81.9 cm³/mol. The second-order valence-electron chi connectivity index (χ2n) is 7.01. The van der Waals surface area contributed by atoms with Gasteiger partial charge in [-0.25, -0.2) is 8.42 Å². The van der Waals surface area contributed by atoms with Crippen LogP contribution < -0.4 is 4.31 Å². The van der Waals surface area contributed by atoms with Crippen LogP contribution in [-0.4, -0.2) is 31.4 Å². The standard InChI is InChI=1S/C16H15F3N2O3S/c17-16(18,19)13-5-10(2-1-8(13)6-20)21-7-12-9-3-11(14(22)4-9)15(12)25(21,23)24/h1-2,5,9,11-12,14-15,22H,3-4,7H2/t9-,11-,12-,14+,15+/m0/s1. The van der Waals surface area contributed by atoms with E-state index in [0.717, 1.165) is 16.4 Å². The number of anilines is 1. The van der Waals surface area contributed by atoms with Crippen molar-refractivity contribution in [3.05, 3.63) is 29.3 Å². The van der Waals surface area contributed by atoms with Gasteiger partial charge in [-0.1, -0.05) is 0 Å². The maximum Gasteiger partial charge on any atom is 0.417 e. The number of aliphatic hydroxyl groups is 1. The molecular weight excluding hydrogens is 357 g/mol. The molecule has 0 spiro atoms. The minimum atomic E-state index is -4.74. The van der Waals surface area contributed by atoms with Gasteiger partial charge in [0.05, 0.1) is 34.2 Å². The molecule has 9 heteroatoms. The van der Waals surface area contributed by atoms with Crippen molar-refractivity contribution in [3.63, 3.8) is 0 Å². The lowest BCUT2D eigenvalue weighted by Crippen LogP contribution is -2.38. The summed E-state index contributed by atoms with van der Waals surface area (Å²) in [5.41, 5.74) is -1.75. The van der Waals surface area contributed by atoms with Gasteiger partial charge in [0.2, 0.25) is 10.0 Å². The van der Waals surface area contributed by atoms with Crippen LogP contribution in [0.1, 0.15) is 24.0 Å². The summed E-state index contributed by atoms with van der Waals surface area (Å²) in [6, 6.07) is 4.47. The SMILES string of the molecule is N#Cc1ccc(N2C[C@H]3[C@H]4C[C@H]([C@H]3S2(=O)=O)[C@H](O)C4)cc1C(F)(F)F. The number of hydrogen-bond donors (Lipinski definition) is 1. The molecule has 0 aromatic heterocycles. The third kappa shape index (κ3) is 2.27. The van der Waals surface area contributed by atoms with Crippen LogP contribution in [0.25, 0.3) is 0 Å². The molecule has 1 aromatic carbocycles. The van der Waals surface area contributed by atoms with Gasteiger partial charge in [-0.15, -0.1) is 0 Å². The number of rotatable bonds is 1. The molecule has 1 saturated heterocycles. The Morgan fingerprint density at radius 2 is 1.96 bits per heavy atom. The Morgan fingerprint density at radius 3 is 2.60 bits per heavy atom. The Morgan fingerprint density at radius 1 is 1.24 bits per heavy atom. The summed E-state index contributed by atoms with van der Waals surface area (Å²) >= 11 is 0. The topological polar surface area (TPSA) is 81.4 Å². The van der Waals surface area contributed by atoms with Crippen LogP contribution in [0.4, 0.5) is 18.9 Å². The van der Waals surface area contributed by atoms with E-state index in [-0.39, 0.29) is 30.0 Å². The van der Waals surface area contributed by atoms with E-state index in [1.807, 2.05) is 0 Å². The number of fused-ring (bicyclic) bond motifs is 5. The number of nitriles is 1. The Balaban J connectivity index is 1.76. The molecule has 1 aliphatic heterocycles. The highest BCUT2D eigenvalue weighted by atomic mass is 32.2. The summed E-state index contributed by atoms with van der Waals surface area (Å²) in [4.78, 5) is 0. The van der Waals surface area contributed by atoms with E-state index in [9.17, 15) is 26.7 Å². The van der Waals surface area contributed by atoms with Crippen LogP contribution in [0.5, 0.6) is 0 Å². The lowest BCUT2D eigenvalue weighted by Gasteiger charge is -2.26. The molecule has 5 nitrogen and oxygen atoms in total. The maximum atomic E-state index is 13.2. The fourth-order valence-electron chi connectivity index (χ4n) is 4.79. The van der Waals surface area contributed by atoms with Gasteiger partial charge in [0, 0.05) is 12.5 Å². The van der Waals surface area contributed by atoms with Crippen LogP contribution in [-0.2, 0) is 16.2 Å². The molecule has 2 bridgehead atoms. The van der Waals surface area contributed by atoms with Crippen molar-refractivity contribution in [1.82, 2.24) is 0 Å². The first-order chi connectivity index (χ1) is 11.6. The van der Waals surface area contributed by atoms with E-state index >= 15 is 0 Å². The fraction of sp³-hybridized carbons (Fsp3) is 0.562. The van der Waals surface area contributed by atoms with Gasteiger partial charge >= 0.3 is 6.18 Å². The van der Waals surface area contributed by atoms with Crippen LogP contribution in [0, 0.1) is 29.1 Å². The minimum absolute atomic E-state index is 0.0744. The van der Waals surface area contributed by atoms with Crippen LogP contribution >= 0.6 is 0 Å². The highest BCUT2D eigenvalue weighted by molar-refractivity contribution is 7.93. The molecule has 1 aromatic rings. The molecule has 0 unspecified atom stereocenters. The Labute approximate surface area is 142 Å². The number of sulfonamides is 1. The molecule has 3 fully saturated rings. The van der Waals surface area contributed by atoms with Crippen molar-refractivity contribution >= 4 is 15.7 Å². The van der Waals surface area contributed by atoms with E-state index in [4.69, 9.17) is 5.26 Å². The van der Waals surface area contributed by atoms with Gasteiger partial charge in [0.25, 0.3) is 0 Å². The monoisotopic (exact) mass is 372 g/mol. The van der Waals surface area contributed by atoms with Gasteiger partial charge in [-0.05, 0) is 42.9 Å². The summed E-state index contributed by atoms with van der Waals surface area (Å²) in [6.07, 6.45) is -4.19. The quantitative estimate of drug-likeness (QED) is 0.819. The van der Waals surface area contributed by atoms with Crippen LogP contribution in [0.2, 0.25) is 0 Å². The normalized spacial score (nSPS) is 35.6. The summed E-state index contributed by atoms with van der Waals surface area (Å²) in [5, 5.41) is 18.1. The van der Waals surface area contributed by atoms with E-state index in [0.29, 0.717) is 12.8 Å². The van der Waals surface area contributed by atoms with E-state index in [2.05, 4.69) is 0 Å². The van der Waals surface area contributed by atoms with Crippen molar-refractivity contribution in [3.8, 4) is 6.07 Å². The molecule has 1 N–H and O–H groups in total. The van der Waals surface area contributed by atoms with Gasteiger partial charge in [0.15, 0.2) is 0 Å². The molecule has 0 radical (unpaired) electrons. The Bertz CT molecular complexity index is 878. The first kappa shape index (κ1) is 16.7. The smallest absolute Gasteiger partial charge is 0.393 e. The van der Waals surface area contributed by atoms with Crippen molar-refractivity contribution in [2.24, 2.45) is 17.8 Å². The van der Waals surface area contributed by atoms with Crippen molar-refractivity contribution in [1.29, 1.82) is 5.26 Å². The number of nitrogens with zero attached hydrogens (tertiary/aromatic N) is 2.